The van der Waals surface area contributed by atoms with Crippen LogP contribution in [-0.4, -0.2) is 31.6 Å². The van der Waals surface area contributed by atoms with Crippen molar-refractivity contribution < 1.29 is 9.47 Å². The number of nitrogens with one attached hydrogen (secondary N) is 1. The maximum Gasteiger partial charge on any atom is 0.162 e. The van der Waals surface area contributed by atoms with E-state index in [1.165, 1.54) is 38.5 Å². The summed E-state index contributed by atoms with van der Waals surface area (Å²) in [5, 5.41) is 3.56. The maximum atomic E-state index is 5.64. The third kappa shape index (κ3) is 4.57. The van der Waals surface area contributed by atoms with Gasteiger partial charge in [-0.25, -0.2) is 0 Å². The summed E-state index contributed by atoms with van der Waals surface area (Å²) in [5.41, 5.74) is 0. The first-order valence-electron chi connectivity index (χ1n) is 7.17. The van der Waals surface area contributed by atoms with Crippen molar-refractivity contribution in [1.29, 1.82) is 0 Å². The second-order valence-electron chi connectivity index (χ2n) is 5.97. The summed E-state index contributed by atoms with van der Waals surface area (Å²) < 4.78 is 11.3. The summed E-state index contributed by atoms with van der Waals surface area (Å²) in [7, 11) is 0. The van der Waals surface area contributed by atoms with E-state index in [9.17, 15) is 0 Å². The van der Waals surface area contributed by atoms with Gasteiger partial charge >= 0.3 is 0 Å². The highest BCUT2D eigenvalue weighted by atomic mass is 16.7. The van der Waals surface area contributed by atoms with E-state index in [4.69, 9.17) is 9.47 Å². The van der Waals surface area contributed by atoms with Crippen LogP contribution in [0.2, 0.25) is 0 Å². The van der Waals surface area contributed by atoms with Crippen LogP contribution < -0.4 is 5.32 Å². The summed E-state index contributed by atoms with van der Waals surface area (Å²) in [6, 6.07) is 0.381. The van der Waals surface area contributed by atoms with Gasteiger partial charge in [0.15, 0.2) is 5.79 Å². The Bertz CT molecular complexity index is 214. The molecule has 1 aliphatic heterocycles. The van der Waals surface area contributed by atoms with Crippen molar-refractivity contribution in [3.8, 4) is 0 Å². The van der Waals surface area contributed by atoms with Gasteiger partial charge in [-0.05, 0) is 32.7 Å². The normalized spacial score (nSPS) is 27.2. The molecule has 0 bridgehead atoms. The zero-order chi connectivity index (χ0) is 12.1. The van der Waals surface area contributed by atoms with Crippen LogP contribution in [0.3, 0.4) is 0 Å². The molecule has 1 heterocycles. The minimum Gasteiger partial charge on any atom is -0.349 e. The van der Waals surface area contributed by atoms with Gasteiger partial charge in [0.25, 0.3) is 0 Å². The van der Waals surface area contributed by atoms with Gasteiger partial charge in [-0.1, -0.05) is 32.1 Å². The predicted molar refractivity (Wildman–Crippen MR) is 69.0 cm³/mol. The van der Waals surface area contributed by atoms with E-state index in [1.807, 2.05) is 13.8 Å². The van der Waals surface area contributed by atoms with Crippen molar-refractivity contribution in [3.05, 3.63) is 0 Å². The minimum atomic E-state index is -0.387. The number of ether oxygens (including phenoxy) is 2. The van der Waals surface area contributed by atoms with Crippen LogP contribution in [0, 0.1) is 5.92 Å². The first kappa shape index (κ1) is 13.3. The Morgan fingerprint density at radius 3 is 2.35 bits per heavy atom. The summed E-state index contributed by atoms with van der Waals surface area (Å²) in [5.74, 6) is 0.569. The average Bonchev–Trinajstić information content (AvgIpc) is 2.33. The Labute approximate surface area is 105 Å². The zero-order valence-corrected chi connectivity index (χ0v) is 11.3. The predicted octanol–water partition coefficient (Wildman–Crippen LogP) is 2.70. The summed E-state index contributed by atoms with van der Waals surface area (Å²) in [6.07, 6.45) is 8.52. The van der Waals surface area contributed by atoms with Crippen molar-refractivity contribution >= 4 is 0 Å². The number of hydrogen-bond donors (Lipinski definition) is 1. The van der Waals surface area contributed by atoms with E-state index < -0.39 is 0 Å². The molecule has 1 N–H and O–H groups in total. The zero-order valence-electron chi connectivity index (χ0n) is 11.3. The lowest BCUT2D eigenvalue weighted by atomic mass is 9.87. The first-order chi connectivity index (χ1) is 8.16. The van der Waals surface area contributed by atoms with Crippen molar-refractivity contribution in [2.45, 2.75) is 64.2 Å². The molecule has 0 atom stereocenters. The van der Waals surface area contributed by atoms with Crippen LogP contribution in [-0.2, 0) is 9.47 Å². The van der Waals surface area contributed by atoms with Gasteiger partial charge in [0.1, 0.15) is 0 Å². The highest BCUT2D eigenvalue weighted by Gasteiger charge is 2.27. The lowest BCUT2D eigenvalue weighted by molar-refractivity contribution is -0.252. The van der Waals surface area contributed by atoms with Gasteiger partial charge in [0.05, 0.1) is 19.3 Å². The fraction of sp³-hybridized carbons (Fsp3) is 1.00. The summed E-state index contributed by atoms with van der Waals surface area (Å²) in [4.78, 5) is 0. The summed E-state index contributed by atoms with van der Waals surface area (Å²) >= 11 is 0. The average molecular weight is 241 g/mol. The molecular weight excluding hydrogens is 214 g/mol. The number of hydrogen-bond acceptors (Lipinski definition) is 3. The molecule has 17 heavy (non-hydrogen) atoms. The minimum absolute atomic E-state index is 0.381. The quantitative estimate of drug-likeness (QED) is 0.821. The standard InChI is InChI=1S/C14H27NO2/c1-14(2)16-10-13(11-17-14)15-9-8-12-6-4-3-5-7-12/h12-13,15H,3-11H2,1-2H3. The summed E-state index contributed by atoms with van der Waals surface area (Å²) in [6.45, 7) is 6.62. The smallest absolute Gasteiger partial charge is 0.162 e. The molecule has 0 aromatic carbocycles. The molecule has 2 fully saturated rings. The fourth-order valence-electron chi connectivity index (χ4n) is 2.78. The molecule has 2 rings (SSSR count). The fourth-order valence-corrected chi connectivity index (χ4v) is 2.78. The SMILES string of the molecule is CC1(C)OCC(NCCC2CCCCC2)CO1. The van der Waals surface area contributed by atoms with Crippen LogP contribution >= 0.6 is 0 Å². The highest BCUT2D eigenvalue weighted by molar-refractivity contribution is 4.74. The van der Waals surface area contributed by atoms with E-state index in [0.29, 0.717) is 6.04 Å². The van der Waals surface area contributed by atoms with E-state index in [0.717, 1.165) is 25.7 Å². The van der Waals surface area contributed by atoms with E-state index in [2.05, 4.69) is 5.32 Å². The molecule has 0 spiro atoms. The van der Waals surface area contributed by atoms with Gasteiger partial charge in [-0.3, -0.25) is 0 Å². The molecule has 3 heteroatoms. The third-order valence-corrected chi connectivity index (χ3v) is 3.97. The van der Waals surface area contributed by atoms with Crippen LogP contribution in [0.25, 0.3) is 0 Å². The first-order valence-corrected chi connectivity index (χ1v) is 7.17. The maximum absolute atomic E-state index is 5.64. The molecule has 2 aliphatic rings. The van der Waals surface area contributed by atoms with Crippen LogP contribution in [0.4, 0.5) is 0 Å². The Balaban J connectivity index is 1.56. The number of rotatable bonds is 4. The Morgan fingerprint density at radius 1 is 1.06 bits per heavy atom. The molecule has 3 nitrogen and oxygen atoms in total. The molecular formula is C14H27NO2. The Kier molecular flexibility index (Phi) is 4.83. The van der Waals surface area contributed by atoms with E-state index >= 15 is 0 Å². The van der Waals surface area contributed by atoms with Crippen molar-refractivity contribution in [3.63, 3.8) is 0 Å². The molecule has 100 valence electrons. The topological polar surface area (TPSA) is 30.5 Å². The molecule has 0 amide bonds. The van der Waals surface area contributed by atoms with E-state index in [1.54, 1.807) is 0 Å². The Hall–Kier alpha value is -0.120. The second-order valence-corrected chi connectivity index (χ2v) is 5.97. The third-order valence-electron chi connectivity index (χ3n) is 3.97. The van der Waals surface area contributed by atoms with Crippen molar-refractivity contribution in [2.75, 3.05) is 19.8 Å². The van der Waals surface area contributed by atoms with Crippen LogP contribution in [0.15, 0.2) is 0 Å². The van der Waals surface area contributed by atoms with Gasteiger partial charge in [-0.2, -0.15) is 0 Å². The molecule has 1 saturated heterocycles. The monoisotopic (exact) mass is 241 g/mol. The van der Waals surface area contributed by atoms with E-state index in [-0.39, 0.29) is 5.79 Å². The lowest BCUT2D eigenvalue weighted by Crippen LogP contribution is -2.48. The van der Waals surface area contributed by atoms with Crippen molar-refractivity contribution in [1.82, 2.24) is 5.32 Å². The molecule has 0 aromatic heterocycles. The van der Waals surface area contributed by atoms with Crippen molar-refractivity contribution in [2.24, 2.45) is 5.92 Å². The van der Waals surface area contributed by atoms with Gasteiger partial charge in [-0.15, -0.1) is 0 Å². The van der Waals surface area contributed by atoms with Gasteiger partial charge in [0, 0.05) is 0 Å². The Morgan fingerprint density at radius 2 is 1.71 bits per heavy atom. The van der Waals surface area contributed by atoms with Crippen LogP contribution in [0.5, 0.6) is 0 Å². The molecule has 0 aromatic rings. The highest BCUT2D eigenvalue weighted by Crippen LogP contribution is 2.25. The molecule has 0 radical (unpaired) electrons. The molecule has 1 aliphatic carbocycles. The van der Waals surface area contributed by atoms with Gasteiger partial charge < -0.3 is 14.8 Å². The van der Waals surface area contributed by atoms with Gasteiger partial charge in [0.2, 0.25) is 0 Å². The second kappa shape index (κ2) is 6.17. The molecule has 0 unspecified atom stereocenters. The molecule has 1 saturated carbocycles. The van der Waals surface area contributed by atoms with Crippen LogP contribution in [0.1, 0.15) is 52.4 Å². The lowest BCUT2D eigenvalue weighted by Gasteiger charge is -2.35. The largest absolute Gasteiger partial charge is 0.349 e.